The summed E-state index contributed by atoms with van der Waals surface area (Å²) in [5.74, 6) is 0.329. The van der Waals surface area contributed by atoms with Crippen molar-refractivity contribution in [3.63, 3.8) is 0 Å². The minimum atomic E-state index is -0.549. The molecule has 2 N–H and O–H groups in total. The average Bonchev–Trinajstić information content (AvgIpc) is 2.55. The van der Waals surface area contributed by atoms with E-state index in [0.29, 0.717) is 0 Å². The van der Waals surface area contributed by atoms with Crippen LogP contribution in [0.25, 0.3) is 6.08 Å². The van der Waals surface area contributed by atoms with E-state index in [1.54, 1.807) is 12.2 Å². The molecule has 0 heterocycles. The lowest BCUT2D eigenvalue weighted by Crippen LogP contribution is -2.14. The molecule has 1 aromatic rings. The molecule has 0 saturated heterocycles. The number of nitrogens with one attached hydrogen (secondary N) is 1. The molecule has 0 aliphatic rings. The first kappa shape index (κ1) is 18.0. The topological polar surface area (TPSA) is 58.6 Å². The van der Waals surface area contributed by atoms with Crippen LogP contribution in [0.2, 0.25) is 0 Å². The van der Waals surface area contributed by atoms with Gasteiger partial charge in [-0.2, -0.15) is 0 Å². The molecule has 120 valence electrons. The molecule has 0 aliphatic carbocycles. The summed E-state index contributed by atoms with van der Waals surface area (Å²) in [6.45, 7) is 2.97. The average molecular weight is 303 g/mol. The second-order valence-corrected chi connectivity index (χ2v) is 5.03. The van der Waals surface area contributed by atoms with Gasteiger partial charge in [-0.05, 0) is 24.1 Å². The second kappa shape index (κ2) is 11.6. The SMILES string of the molecule is CCCCCCCOc1ccc(/C=C/C=C/C(=O)NO)cc1. The molecule has 1 aromatic carbocycles. The minimum absolute atomic E-state index is 0.549. The van der Waals surface area contributed by atoms with E-state index in [1.807, 2.05) is 30.3 Å². The molecule has 0 aromatic heterocycles. The molecule has 4 nitrogen and oxygen atoms in total. The van der Waals surface area contributed by atoms with Gasteiger partial charge in [-0.1, -0.05) is 63.0 Å². The van der Waals surface area contributed by atoms with Gasteiger partial charge in [0, 0.05) is 6.08 Å². The number of carbonyl (C=O) groups is 1. The van der Waals surface area contributed by atoms with Crippen molar-refractivity contribution in [2.75, 3.05) is 6.61 Å². The molecular formula is C18H25NO3. The third-order valence-corrected chi connectivity index (χ3v) is 3.15. The van der Waals surface area contributed by atoms with Crippen LogP contribution in [0.4, 0.5) is 0 Å². The standard InChI is InChI=1S/C18H25NO3/c1-2-3-4-5-8-15-22-17-13-11-16(12-14-17)9-6-7-10-18(20)19-21/h6-7,9-14,21H,2-5,8,15H2,1H3,(H,19,20)/b9-6+,10-7+. The molecule has 22 heavy (non-hydrogen) atoms. The lowest BCUT2D eigenvalue weighted by atomic mass is 10.2. The predicted octanol–water partition coefficient (Wildman–Crippen LogP) is 4.11. The summed E-state index contributed by atoms with van der Waals surface area (Å²) in [7, 11) is 0. The summed E-state index contributed by atoms with van der Waals surface area (Å²) >= 11 is 0. The van der Waals surface area contributed by atoms with Crippen molar-refractivity contribution >= 4 is 12.0 Å². The van der Waals surface area contributed by atoms with Crippen LogP contribution < -0.4 is 10.2 Å². The lowest BCUT2D eigenvalue weighted by Gasteiger charge is -2.06. The maximum absolute atomic E-state index is 10.8. The lowest BCUT2D eigenvalue weighted by molar-refractivity contribution is -0.124. The van der Waals surface area contributed by atoms with Gasteiger partial charge in [0.05, 0.1) is 6.61 Å². The van der Waals surface area contributed by atoms with E-state index in [9.17, 15) is 4.79 Å². The molecule has 4 heteroatoms. The molecule has 1 amide bonds. The first-order chi connectivity index (χ1) is 10.8. The first-order valence-corrected chi connectivity index (χ1v) is 7.78. The van der Waals surface area contributed by atoms with Gasteiger partial charge in [-0.15, -0.1) is 0 Å². The van der Waals surface area contributed by atoms with Crippen molar-refractivity contribution in [3.05, 3.63) is 48.1 Å². The van der Waals surface area contributed by atoms with Gasteiger partial charge in [0.2, 0.25) is 0 Å². The highest BCUT2D eigenvalue weighted by atomic mass is 16.5. The van der Waals surface area contributed by atoms with Crippen LogP contribution in [0.5, 0.6) is 5.75 Å². The Labute approximate surface area is 132 Å². The van der Waals surface area contributed by atoms with Crippen molar-refractivity contribution < 1.29 is 14.7 Å². The van der Waals surface area contributed by atoms with Gasteiger partial charge in [0.25, 0.3) is 5.91 Å². The highest BCUT2D eigenvalue weighted by molar-refractivity contribution is 5.86. The highest BCUT2D eigenvalue weighted by Gasteiger charge is 1.94. The van der Waals surface area contributed by atoms with E-state index in [0.717, 1.165) is 24.3 Å². The highest BCUT2D eigenvalue weighted by Crippen LogP contribution is 2.14. The third kappa shape index (κ3) is 8.27. The fraction of sp³-hybridized carbons (Fsp3) is 0.389. The number of hydrogen-bond donors (Lipinski definition) is 2. The molecule has 0 radical (unpaired) electrons. The summed E-state index contributed by atoms with van der Waals surface area (Å²) < 4.78 is 5.69. The summed E-state index contributed by atoms with van der Waals surface area (Å²) in [4.78, 5) is 10.8. The molecule has 0 fully saturated rings. The van der Waals surface area contributed by atoms with Crippen LogP contribution >= 0.6 is 0 Å². The maximum Gasteiger partial charge on any atom is 0.267 e. The molecular weight excluding hydrogens is 278 g/mol. The van der Waals surface area contributed by atoms with E-state index in [-0.39, 0.29) is 0 Å². The Bertz CT molecular complexity index is 478. The summed E-state index contributed by atoms with van der Waals surface area (Å²) in [6, 6.07) is 7.80. The molecule has 0 atom stereocenters. The quantitative estimate of drug-likeness (QED) is 0.225. The number of ether oxygens (including phenoxy) is 1. The van der Waals surface area contributed by atoms with Crippen LogP contribution in [-0.2, 0) is 4.79 Å². The van der Waals surface area contributed by atoms with Crippen molar-refractivity contribution in [2.45, 2.75) is 39.0 Å². The van der Waals surface area contributed by atoms with E-state index >= 15 is 0 Å². The van der Waals surface area contributed by atoms with Crippen molar-refractivity contribution in [3.8, 4) is 5.75 Å². The van der Waals surface area contributed by atoms with Crippen LogP contribution in [0, 0.1) is 0 Å². The number of allylic oxidation sites excluding steroid dienone is 2. The predicted molar refractivity (Wildman–Crippen MR) is 88.8 cm³/mol. The number of benzene rings is 1. The zero-order chi connectivity index (χ0) is 16.0. The fourth-order valence-corrected chi connectivity index (χ4v) is 1.92. The van der Waals surface area contributed by atoms with Gasteiger partial charge < -0.3 is 4.74 Å². The fourth-order valence-electron chi connectivity index (χ4n) is 1.92. The Morgan fingerprint density at radius 2 is 1.86 bits per heavy atom. The zero-order valence-electron chi connectivity index (χ0n) is 13.1. The van der Waals surface area contributed by atoms with E-state index < -0.39 is 5.91 Å². The molecule has 0 saturated carbocycles. The van der Waals surface area contributed by atoms with Crippen LogP contribution in [0.1, 0.15) is 44.6 Å². The summed E-state index contributed by atoms with van der Waals surface area (Å²) in [6.07, 6.45) is 12.6. The summed E-state index contributed by atoms with van der Waals surface area (Å²) in [5, 5.41) is 8.32. The molecule has 0 spiro atoms. The number of amides is 1. The minimum Gasteiger partial charge on any atom is -0.494 e. The third-order valence-electron chi connectivity index (χ3n) is 3.15. The van der Waals surface area contributed by atoms with E-state index in [4.69, 9.17) is 9.94 Å². The molecule has 1 rings (SSSR count). The second-order valence-electron chi connectivity index (χ2n) is 5.03. The largest absolute Gasteiger partial charge is 0.494 e. The monoisotopic (exact) mass is 303 g/mol. The first-order valence-electron chi connectivity index (χ1n) is 7.78. The Balaban J connectivity index is 2.29. The molecule has 0 aliphatic heterocycles. The van der Waals surface area contributed by atoms with Crippen molar-refractivity contribution in [2.24, 2.45) is 0 Å². The van der Waals surface area contributed by atoms with E-state index in [2.05, 4.69) is 6.92 Å². The van der Waals surface area contributed by atoms with Crippen LogP contribution in [0.3, 0.4) is 0 Å². The normalized spacial score (nSPS) is 11.2. The van der Waals surface area contributed by atoms with Gasteiger partial charge in [-0.25, -0.2) is 5.48 Å². The van der Waals surface area contributed by atoms with Gasteiger partial charge in [0.1, 0.15) is 5.75 Å². The van der Waals surface area contributed by atoms with Crippen molar-refractivity contribution in [1.29, 1.82) is 0 Å². The Hall–Kier alpha value is -2.07. The van der Waals surface area contributed by atoms with Crippen molar-refractivity contribution in [1.82, 2.24) is 5.48 Å². The Morgan fingerprint density at radius 1 is 1.14 bits per heavy atom. The smallest absolute Gasteiger partial charge is 0.267 e. The number of carbonyl (C=O) groups excluding carboxylic acids is 1. The van der Waals surface area contributed by atoms with Gasteiger partial charge >= 0.3 is 0 Å². The molecule has 0 unspecified atom stereocenters. The zero-order valence-corrected chi connectivity index (χ0v) is 13.1. The number of unbranched alkanes of at least 4 members (excludes halogenated alkanes) is 4. The molecule has 0 bridgehead atoms. The van der Waals surface area contributed by atoms with E-state index in [1.165, 1.54) is 37.2 Å². The number of hydrogen-bond acceptors (Lipinski definition) is 3. The number of hydroxylamine groups is 1. The summed E-state index contributed by atoms with van der Waals surface area (Å²) in [5.41, 5.74) is 2.55. The van der Waals surface area contributed by atoms with Gasteiger partial charge in [-0.3, -0.25) is 10.0 Å². The van der Waals surface area contributed by atoms with Crippen LogP contribution in [-0.4, -0.2) is 17.7 Å². The maximum atomic E-state index is 10.8. The Morgan fingerprint density at radius 3 is 2.55 bits per heavy atom. The van der Waals surface area contributed by atoms with Crippen LogP contribution in [0.15, 0.2) is 42.5 Å². The number of rotatable bonds is 10. The van der Waals surface area contributed by atoms with Gasteiger partial charge in [0.15, 0.2) is 0 Å². The Kier molecular flexibility index (Phi) is 9.46.